The number of rotatable bonds is 4. The van der Waals surface area contributed by atoms with Crippen molar-refractivity contribution in [3.63, 3.8) is 0 Å². The predicted octanol–water partition coefficient (Wildman–Crippen LogP) is 3.84. The maximum absolute atomic E-state index is 13.4. The monoisotopic (exact) mass is 275 g/mol. The first kappa shape index (κ1) is 14.2. The maximum Gasteiger partial charge on any atom is 0.224 e. The van der Waals surface area contributed by atoms with E-state index >= 15 is 0 Å². The quantitative estimate of drug-likeness (QED) is 0.902. The molecule has 0 bridgehead atoms. The number of carbonyl (C=O) groups excluding carboxylic acids is 1. The molecule has 0 unspecified atom stereocenters. The van der Waals surface area contributed by atoms with Gasteiger partial charge in [0.25, 0.3) is 0 Å². The molecule has 0 saturated carbocycles. The molecule has 0 radical (unpaired) electrons. The van der Waals surface area contributed by atoms with Gasteiger partial charge in [0.1, 0.15) is 11.6 Å². The average molecular weight is 275 g/mol. The molecule has 1 N–H and O–H groups in total. The van der Waals surface area contributed by atoms with E-state index in [0.717, 1.165) is 5.56 Å². The molecular weight excluding hydrogens is 260 g/mol. The van der Waals surface area contributed by atoms with Crippen molar-refractivity contribution < 1.29 is 13.6 Å². The first-order valence-corrected chi connectivity index (χ1v) is 6.35. The number of amides is 1. The molecule has 0 atom stereocenters. The lowest BCUT2D eigenvalue weighted by Gasteiger charge is -2.08. The lowest BCUT2D eigenvalue weighted by molar-refractivity contribution is -0.116. The van der Waals surface area contributed by atoms with Crippen LogP contribution in [-0.4, -0.2) is 5.91 Å². The summed E-state index contributed by atoms with van der Waals surface area (Å²) < 4.78 is 26.5. The third kappa shape index (κ3) is 3.63. The third-order valence-corrected chi connectivity index (χ3v) is 3.05. The molecular formula is C16H15F2NO. The molecule has 0 aromatic heterocycles. The molecule has 0 saturated heterocycles. The van der Waals surface area contributed by atoms with Crippen LogP contribution in [0.5, 0.6) is 0 Å². The Morgan fingerprint density at radius 1 is 1.15 bits per heavy atom. The summed E-state index contributed by atoms with van der Waals surface area (Å²) in [6.07, 6.45) is 0.462. The number of hydrogen-bond acceptors (Lipinski definition) is 1. The number of aryl methyl sites for hydroxylation is 2. The van der Waals surface area contributed by atoms with E-state index in [1.165, 1.54) is 18.2 Å². The van der Waals surface area contributed by atoms with Gasteiger partial charge in [0.05, 0.1) is 0 Å². The molecule has 1 amide bonds. The van der Waals surface area contributed by atoms with E-state index in [1.54, 1.807) is 31.2 Å². The van der Waals surface area contributed by atoms with Gasteiger partial charge in [-0.1, -0.05) is 24.3 Å². The van der Waals surface area contributed by atoms with Gasteiger partial charge in [-0.3, -0.25) is 4.79 Å². The number of halogens is 2. The van der Waals surface area contributed by atoms with E-state index in [0.29, 0.717) is 17.7 Å². The molecule has 104 valence electrons. The summed E-state index contributed by atoms with van der Waals surface area (Å²) in [6.45, 7) is 1.78. The number of hydrogen-bond donors (Lipinski definition) is 1. The summed E-state index contributed by atoms with van der Waals surface area (Å²) >= 11 is 0. The van der Waals surface area contributed by atoms with Crippen LogP contribution in [0.4, 0.5) is 14.5 Å². The molecule has 0 fully saturated rings. The molecule has 2 rings (SSSR count). The second kappa shape index (κ2) is 6.28. The van der Waals surface area contributed by atoms with E-state index < -0.39 is 5.82 Å². The van der Waals surface area contributed by atoms with Gasteiger partial charge >= 0.3 is 0 Å². The second-order valence-electron chi connectivity index (χ2n) is 4.60. The Labute approximate surface area is 116 Å². The van der Waals surface area contributed by atoms with Crippen LogP contribution in [0.1, 0.15) is 17.5 Å². The van der Waals surface area contributed by atoms with Crippen molar-refractivity contribution in [2.45, 2.75) is 19.8 Å². The highest BCUT2D eigenvalue weighted by Gasteiger charge is 2.08. The minimum atomic E-state index is -0.403. The van der Waals surface area contributed by atoms with Crippen molar-refractivity contribution in [1.29, 1.82) is 0 Å². The van der Waals surface area contributed by atoms with Crippen molar-refractivity contribution in [3.8, 4) is 0 Å². The SMILES string of the molecule is Cc1ccc(F)cc1NC(=O)CCc1ccccc1F. The van der Waals surface area contributed by atoms with Crippen molar-refractivity contribution in [2.75, 3.05) is 5.32 Å². The molecule has 0 aliphatic heterocycles. The number of anilines is 1. The predicted molar refractivity (Wildman–Crippen MR) is 74.5 cm³/mol. The molecule has 0 aliphatic carbocycles. The normalized spacial score (nSPS) is 10.3. The lowest BCUT2D eigenvalue weighted by Crippen LogP contribution is -2.13. The Morgan fingerprint density at radius 2 is 1.90 bits per heavy atom. The smallest absolute Gasteiger partial charge is 0.224 e. The zero-order valence-electron chi connectivity index (χ0n) is 11.1. The highest BCUT2D eigenvalue weighted by Crippen LogP contribution is 2.17. The summed E-state index contributed by atoms with van der Waals surface area (Å²) in [5.41, 5.74) is 1.73. The van der Waals surface area contributed by atoms with Crippen LogP contribution >= 0.6 is 0 Å². The van der Waals surface area contributed by atoms with Crippen LogP contribution in [0, 0.1) is 18.6 Å². The van der Waals surface area contributed by atoms with E-state index in [-0.39, 0.29) is 18.1 Å². The highest BCUT2D eigenvalue weighted by molar-refractivity contribution is 5.91. The first-order valence-electron chi connectivity index (χ1n) is 6.35. The van der Waals surface area contributed by atoms with Crippen molar-refractivity contribution in [3.05, 3.63) is 65.2 Å². The van der Waals surface area contributed by atoms with Crippen LogP contribution in [0.3, 0.4) is 0 Å². The minimum absolute atomic E-state index is 0.150. The Balaban J connectivity index is 1.96. The van der Waals surface area contributed by atoms with Crippen LogP contribution in [0.25, 0.3) is 0 Å². The Kier molecular flexibility index (Phi) is 4.45. The summed E-state index contributed by atoms with van der Waals surface area (Å²) in [6, 6.07) is 10.6. The largest absolute Gasteiger partial charge is 0.326 e. The standard InChI is InChI=1S/C16H15F2NO/c1-11-6-8-13(17)10-15(11)19-16(20)9-7-12-4-2-3-5-14(12)18/h2-6,8,10H,7,9H2,1H3,(H,19,20). The fourth-order valence-corrected chi connectivity index (χ4v) is 1.89. The fourth-order valence-electron chi connectivity index (χ4n) is 1.89. The maximum atomic E-state index is 13.4. The van der Waals surface area contributed by atoms with Crippen molar-refractivity contribution in [1.82, 2.24) is 0 Å². The average Bonchev–Trinajstić information content (AvgIpc) is 2.42. The molecule has 20 heavy (non-hydrogen) atoms. The lowest BCUT2D eigenvalue weighted by atomic mass is 10.1. The fraction of sp³-hybridized carbons (Fsp3) is 0.188. The van der Waals surface area contributed by atoms with Gasteiger partial charge in [0.2, 0.25) is 5.91 Å². The third-order valence-electron chi connectivity index (χ3n) is 3.05. The highest BCUT2D eigenvalue weighted by atomic mass is 19.1. The Morgan fingerprint density at radius 3 is 2.65 bits per heavy atom. The van der Waals surface area contributed by atoms with Crippen LogP contribution in [0.15, 0.2) is 42.5 Å². The summed E-state index contributed by atoms with van der Waals surface area (Å²) in [4.78, 5) is 11.8. The van der Waals surface area contributed by atoms with Crippen LogP contribution in [-0.2, 0) is 11.2 Å². The molecule has 2 aromatic carbocycles. The topological polar surface area (TPSA) is 29.1 Å². The van der Waals surface area contributed by atoms with Gasteiger partial charge in [-0.25, -0.2) is 8.78 Å². The van der Waals surface area contributed by atoms with Crippen molar-refractivity contribution >= 4 is 11.6 Å². The zero-order valence-corrected chi connectivity index (χ0v) is 11.1. The molecule has 0 spiro atoms. The molecule has 2 aromatic rings. The van der Waals surface area contributed by atoms with Gasteiger partial charge in [-0.05, 0) is 42.7 Å². The molecule has 2 nitrogen and oxygen atoms in total. The summed E-state index contributed by atoms with van der Waals surface area (Å²) in [5, 5.41) is 2.64. The Hall–Kier alpha value is -2.23. The molecule has 0 aliphatic rings. The van der Waals surface area contributed by atoms with Crippen molar-refractivity contribution in [2.24, 2.45) is 0 Å². The van der Waals surface area contributed by atoms with Gasteiger partial charge in [0, 0.05) is 12.1 Å². The summed E-state index contributed by atoms with van der Waals surface area (Å²) in [7, 11) is 0. The van der Waals surface area contributed by atoms with E-state index in [2.05, 4.69) is 5.32 Å². The first-order chi connectivity index (χ1) is 9.56. The number of benzene rings is 2. The van der Waals surface area contributed by atoms with Crippen LogP contribution in [0.2, 0.25) is 0 Å². The van der Waals surface area contributed by atoms with E-state index in [4.69, 9.17) is 0 Å². The van der Waals surface area contributed by atoms with E-state index in [9.17, 15) is 13.6 Å². The van der Waals surface area contributed by atoms with Gasteiger partial charge in [-0.15, -0.1) is 0 Å². The molecule has 4 heteroatoms. The second-order valence-corrected chi connectivity index (χ2v) is 4.60. The Bertz CT molecular complexity index is 626. The number of nitrogens with one attached hydrogen (secondary N) is 1. The summed E-state index contributed by atoms with van der Waals surface area (Å²) in [5.74, 6) is -0.982. The van der Waals surface area contributed by atoms with E-state index in [1.807, 2.05) is 0 Å². The van der Waals surface area contributed by atoms with Gasteiger partial charge in [-0.2, -0.15) is 0 Å². The minimum Gasteiger partial charge on any atom is -0.326 e. The van der Waals surface area contributed by atoms with Crippen LogP contribution < -0.4 is 5.32 Å². The zero-order chi connectivity index (χ0) is 14.5. The number of carbonyl (C=O) groups is 1. The molecule has 0 heterocycles. The van der Waals surface area contributed by atoms with Gasteiger partial charge < -0.3 is 5.32 Å². The van der Waals surface area contributed by atoms with Gasteiger partial charge in [0.15, 0.2) is 0 Å².